The van der Waals surface area contributed by atoms with Gasteiger partial charge in [-0.05, 0) is 23.2 Å². The van der Waals surface area contributed by atoms with Crippen LogP contribution in [0.25, 0.3) is 0 Å². The van der Waals surface area contributed by atoms with Crippen molar-refractivity contribution in [1.82, 2.24) is 0 Å². The Bertz CT molecular complexity index is 39.4. The third kappa shape index (κ3) is 259. The first kappa shape index (κ1) is 10.7. The van der Waals surface area contributed by atoms with E-state index < -0.39 is 4.84 Å². The van der Waals surface area contributed by atoms with E-state index in [-0.39, 0.29) is 0 Å². The van der Waals surface area contributed by atoms with Crippen LogP contribution in [0, 0.1) is 0 Å². The van der Waals surface area contributed by atoms with E-state index in [0.717, 1.165) is 0 Å². The van der Waals surface area contributed by atoms with Crippen molar-refractivity contribution in [3.05, 3.63) is 0 Å². The van der Waals surface area contributed by atoms with Gasteiger partial charge < -0.3 is 0 Å². The molecule has 0 aliphatic heterocycles. The van der Waals surface area contributed by atoms with Crippen molar-refractivity contribution in [2.24, 2.45) is 0 Å². The van der Waals surface area contributed by atoms with E-state index in [1.165, 1.54) is 0 Å². The summed E-state index contributed by atoms with van der Waals surface area (Å²) in [4.78, 5) is -3.56. The SMILES string of the molecule is FC(F)(Cl)Cl.[O]=[AlH]. The monoisotopic (exact) mass is 164 g/mol. The van der Waals surface area contributed by atoms with Crippen molar-refractivity contribution >= 4 is 39.4 Å². The van der Waals surface area contributed by atoms with E-state index in [2.05, 4.69) is 23.2 Å². The molecule has 0 aliphatic carbocycles. The number of halogens is 4. The summed E-state index contributed by atoms with van der Waals surface area (Å²) in [7, 11) is 0. The average molecular weight is 165 g/mol. The summed E-state index contributed by atoms with van der Waals surface area (Å²) in [5.74, 6) is 0. The van der Waals surface area contributed by atoms with Crippen LogP contribution in [0.2, 0.25) is 0 Å². The molecule has 42 valence electrons. The standard InChI is InChI=1S/CCl2F2.Al.O.H/c2-1(3,4)5;;;. The van der Waals surface area contributed by atoms with Gasteiger partial charge in [-0.1, -0.05) is 0 Å². The van der Waals surface area contributed by atoms with Crippen molar-refractivity contribution in [2.45, 2.75) is 4.84 Å². The summed E-state index contributed by atoms with van der Waals surface area (Å²) in [5.41, 5.74) is 0. The maximum absolute atomic E-state index is 10.6. The maximum atomic E-state index is 10.6. The zero-order chi connectivity index (χ0) is 6.50. The molecule has 0 aromatic carbocycles. The molecule has 0 aromatic heterocycles. The van der Waals surface area contributed by atoms with E-state index in [4.69, 9.17) is 3.80 Å². The molecule has 0 rings (SSSR count). The Morgan fingerprint density at radius 1 is 1.29 bits per heavy atom. The molecule has 0 spiro atoms. The van der Waals surface area contributed by atoms with Crippen molar-refractivity contribution in [2.75, 3.05) is 0 Å². The minimum absolute atomic E-state index is 0.611. The molecule has 0 aliphatic rings. The fraction of sp³-hybridized carbons (Fsp3) is 1.00. The van der Waals surface area contributed by atoms with E-state index in [1.54, 1.807) is 0 Å². The van der Waals surface area contributed by atoms with Gasteiger partial charge in [0.2, 0.25) is 0 Å². The van der Waals surface area contributed by atoms with Crippen LogP contribution in [-0.2, 0) is 3.80 Å². The fourth-order valence-corrected chi connectivity index (χ4v) is 0. The topological polar surface area (TPSA) is 17.1 Å². The van der Waals surface area contributed by atoms with E-state index in [0.29, 0.717) is 16.2 Å². The summed E-state index contributed by atoms with van der Waals surface area (Å²) in [6.45, 7) is 0. The van der Waals surface area contributed by atoms with Gasteiger partial charge in [0.25, 0.3) is 0 Å². The van der Waals surface area contributed by atoms with Crippen LogP contribution in [-0.4, -0.2) is 21.1 Å². The normalized spacial score (nSPS) is 9.00. The van der Waals surface area contributed by atoms with Crippen LogP contribution in [0.4, 0.5) is 8.78 Å². The number of alkyl halides is 4. The molecule has 0 saturated carbocycles. The molecule has 0 unspecified atom stereocenters. The van der Waals surface area contributed by atoms with Crippen LogP contribution in [0.3, 0.4) is 0 Å². The van der Waals surface area contributed by atoms with Gasteiger partial charge >= 0.3 is 24.9 Å². The minimum atomic E-state index is -3.56. The molecule has 0 bridgehead atoms. The number of hydrogen-bond donors (Lipinski definition) is 0. The third-order valence-corrected chi connectivity index (χ3v) is 0. The molecule has 6 heteroatoms. The van der Waals surface area contributed by atoms with Gasteiger partial charge in [-0.15, -0.1) is 0 Å². The Balaban J connectivity index is 0. The van der Waals surface area contributed by atoms with Gasteiger partial charge in [-0.2, -0.15) is 8.78 Å². The van der Waals surface area contributed by atoms with E-state index >= 15 is 0 Å². The first-order valence-electron chi connectivity index (χ1n) is 1.04. The molecule has 1 nitrogen and oxygen atoms in total. The molecule has 0 fully saturated rings. The summed E-state index contributed by atoms with van der Waals surface area (Å²) < 4.78 is 29.4. The molecule has 0 saturated heterocycles. The molecule has 0 atom stereocenters. The molecule has 0 heterocycles. The van der Waals surface area contributed by atoms with Crippen molar-refractivity contribution < 1.29 is 12.6 Å². The Morgan fingerprint density at radius 3 is 1.29 bits per heavy atom. The van der Waals surface area contributed by atoms with Crippen LogP contribution < -0.4 is 0 Å². The summed E-state index contributed by atoms with van der Waals surface area (Å²) in [6, 6.07) is 0. The van der Waals surface area contributed by atoms with Crippen LogP contribution >= 0.6 is 23.2 Å². The molecule has 0 N–H and O–H groups in total. The summed E-state index contributed by atoms with van der Waals surface area (Å²) >= 11 is 8.54. The first-order chi connectivity index (χ1) is 3.00. The number of rotatable bonds is 0. The Morgan fingerprint density at radius 2 is 1.29 bits per heavy atom. The number of hydrogen-bond acceptors (Lipinski definition) is 1. The third-order valence-electron chi connectivity index (χ3n) is 0. The molecular formula is CHAlCl2F2O. The predicted octanol–water partition coefficient (Wildman–Crippen LogP) is 1.25. The van der Waals surface area contributed by atoms with Gasteiger partial charge in [0.15, 0.2) is 0 Å². The molecule has 0 radical (unpaired) electrons. The molecule has 0 aromatic rings. The average Bonchev–Trinajstić information content (AvgIpc) is 1.36. The van der Waals surface area contributed by atoms with E-state index in [9.17, 15) is 8.78 Å². The zero-order valence-corrected chi connectivity index (χ0v) is 6.05. The van der Waals surface area contributed by atoms with Crippen LogP contribution in [0.1, 0.15) is 0 Å². The van der Waals surface area contributed by atoms with Gasteiger partial charge in [-0.3, -0.25) is 0 Å². The van der Waals surface area contributed by atoms with Gasteiger partial charge in [0.05, 0.1) is 0 Å². The second-order valence-corrected chi connectivity index (χ2v) is 1.57. The van der Waals surface area contributed by atoms with Crippen LogP contribution in [0.5, 0.6) is 0 Å². The second-order valence-electron chi connectivity index (χ2n) is 0.429. The Hall–Kier alpha value is 0.772. The fourth-order valence-electron chi connectivity index (χ4n) is 0. The molecule has 0 amide bonds. The first-order valence-corrected chi connectivity index (χ1v) is 2.38. The van der Waals surface area contributed by atoms with Gasteiger partial charge in [-0.25, -0.2) is 0 Å². The van der Waals surface area contributed by atoms with Gasteiger partial charge in [0, 0.05) is 0 Å². The predicted molar refractivity (Wildman–Crippen MR) is 24.5 cm³/mol. The van der Waals surface area contributed by atoms with Crippen molar-refractivity contribution in [1.29, 1.82) is 0 Å². The summed E-state index contributed by atoms with van der Waals surface area (Å²) in [5, 5.41) is 0. The molecule has 7 heavy (non-hydrogen) atoms. The quantitative estimate of drug-likeness (QED) is 0.389. The van der Waals surface area contributed by atoms with Gasteiger partial charge in [0.1, 0.15) is 0 Å². The molecular weight excluding hydrogens is 164 g/mol. The van der Waals surface area contributed by atoms with Crippen molar-refractivity contribution in [3.63, 3.8) is 0 Å². The summed E-state index contributed by atoms with van der Waals surface area (Å²) in [6.07, 6.45) is 0. The van der Waals surface area contributed by atoms with Crippen molar-refractivity contribution in [3.8, 4) is 0 Å². The zero-order valence-electron chi connectivity index (χ0n) is 3.13. The van der Waals surface area contributed by atoms with E-state index in [1.807, 2.05) is 0 Å². The second kappa shape index (κ2) is 4.92. The Labute approximate surface area is 57.2 Å². The van der Waals surface area contributed by atoms with Crippen LogP contribution in [0.15, 0.2) is 0 Å². The Kier molecular flexibility index (Phi) is 7.52.